The molecular weight excluding hydrogens is 927 g/mol. The van der Waals surface area contributed by atoms with Gasteiger partial charge in [-0.1, -0.05) is 189 Å². The Bertz CT molecular complexity index is 2410. The van der Waals surface area contributed by atoms with Crippen LogP contribution < -0.4 is 10.6 Å². The van der Waals surface area contributed by atoms with E-state index in [1.807, 2.05) is 146 Å². The van der Waals surface area contributed by atoms with Gasteiger partial charge in [0.05, 0.1) is 35.0 Å². The first kappa shape index (κ1) is 51.9. The molecule has 0 spiro atoms. The second-order valence-electron chi connectivity index (χ2n) is 17.9. The number of nitrogens with one attached hydrogen (secondary N) is 2. The van der Waals surface area contributed by atoms with Crippen LogP contribution in [-0.4, -0.2) is 114 Å². The van der Waals surface area contributed by atoms with Gasteiger partial charge in [0.1, 0.15) is 12.1 Å². The lowest BCUT2D eigenvalue weighted by atomic mass is 9.84. The van der Waals surface area contributed by atoms with E-state index in [1.54, 1.807) is 6.92 Å². The average Bonchev–Trinajstić information content (AvgIpc) is 3.40. The third-order valence-corrected chi connectivity index (χ3v) is 16.2. The molecule has 1 heterocycles. The number of hydrogen-bond donors (Lipinski definition) is 2. The number of thioether (sulfide) groups is 2. The number of benzene rings is 6. The molecule has 0 aliphatic carbocycles. The molecule has 0 bridgehead atoms. The number of nitrogens with zero attached hydrogens (tertiary/aromatic N) is 3. The normalized spacial score (nSPS) is 18.4. The summed E-state index contributed by atoms with van der Waals surface area (Å²) in [4.78, 5) is 89.6. The molecule has 1 aliphatic heterocycles. The minimum absolute atomic E-state index is 0.0657. The minimum atomic E-state index is -1.16. The molecule has 2 N–H and O–H groups in total. The van der Waals surface area contributed by atoms with E-state index in [9.17, 15) is 28.8 Å². The van der Waals surface area contributed by atoms with Gasteiger partial charge < -0.3 is 25.3 Å². The molecule has 1 fully saturated rings. The fraction of sp³-hybridized carbons (Fsp3) is 0.276. The summed E-state index contributed by atoms with van der Waals surface area (Å²) < 4.78 is -1.67. The summed E-state index contributed by atoms with van der Waals surface area (Å²) in [5.74, 6) is -3.69. The van der Waals surface area contributed by atoms with Crippen molar-refractivity contribution in [1.29, 1.82) is 0 Å². The molecule has 1 aliphatic rings. The lowest BCUT2D eigenvalue weighted by Crippen LogP contribution is -2.55. The Labute approximate surface area is 425 Å². The van der Waals surface area contributed by atoms with Crippen LogP contribution in [0.3, 0.4) is 0 Å². The Morgan fingerprint density at radius 3 is 1.07 bits per heavy atom. The van der Waals surface area contributed by atoms with E-state index in [4.69, 9.17) is 0 Å². The van der Waals surface area contributed by atoms with Crippen molar-refractivity contribution in [1.82, 2.24) is 25.3 Å². The first-order valence-electron chi connectivity index (χ1n) is 23.8. The number of Topliss-reactive ketones (excluding diaryl/α,β-unsaturated/α-hetero) is 1. The maximum absolute atomic E-state index is 14.9. The van der Waals surface area contributed by atoms with Gasteiger partial charge in [-0.15, -0.1) is 23.5 Å². The van der Waals surface area contributed by atoms with Crippen LogP contribution in [0.5, 0.6) is 0 Å². The van der Waals surface area contributed by atoms with Crippen molar-refractivity contribution in [3.05, 3.63) is 215 Å². The standard InChI is InChI=1S/C58H61N5O6S2/c1-5-50-55(68)63(4)39-53(66)60-51(41-71-58(46-30-18-9-19-31-46,47-32-20-10-21-33-47)48-34-22-11-23-35-48)56(69)61(2)37-49(64)36-42(54(67)62(3)38-52(65)59-50)40-70-57(43-24-12-6-13-25-43,44-26-14-7-15-27-44)45-28-16-8-17-29-45/h6-35,42,50-51H,5,36-41H2,1-4H3,(H,59,65)(H,60,66)/t42-,50-,51-/m0/s1. The van der Waals surface area contributed by atoms with Gasteiger partial charge >= 0.3 is 0 Å². The van der Waals surface area contributed by atoms with Crippen LogP contribution in [0, 0.1) is 5.92 Å². The maximum atomic E-state index is 14.9. The van der Waals surface area contributed by atoms with Crippen molar-refractivity contribution in [3.63, 3.8) is 0 Å². The van der Waals surface area contributed by atoms with Crippen LogP contribution in [0.2, 0.25) is 0 Å². The molecule has 0 aromatic heterocycles. The van der Waals surface area contributed by atoms with Crippen molar-refractivity contribution < 1.29 is 28.8 Å². The van der Waals surface area contributed by atoms with Crippen LogP contribution in [0.15, 0.2) is 182 Å². The van der Waals surface area contributed by atoms with Gasteiger partial charge in [-0.2, -0.15) is 0 Å². The van der Waals surface area contributed by atoms with E-state index in [1.165, 1.54) is 59.4 Å². The van der Waals surface area contributed by atoms with Gasteiger partial charge in [0.2, 0.25) is 29.5 Å². The van der Waals surface area contributed by atoms with Gasteiger partial charge in [-0.3, -0.25) is 28.8 Å². The number of carbonyl (C=O) groups excluding carboxylic acids is 6. The summed E-state index contributed by atoms with van der Waals surface area (Å²) in [6.07, 6.45) is -0.0266. The number of rotatable bonds is 13. The van der Waals surface area contributed by atoms with E-state index in [0.717, 1.165) is 33.4 Å². The summed E-state index contributed by atoms with van der Waals surface area (Å²) in [5, 5.41) is 5.71. The molecule has 366 valence electrons. The molecule has 11 nitrogen and oxygen atoms in total. The van der Waals surface area contributed by atoms with Crippen LogP contribution >= 0.6 is 23.5 Å². The quantitative estimate of drug-likeness (QED) is 0.112. The van der Waals surface area contributed by atoms with E-state index in [0.29, 0.717) is 0 Å². The number of ketones is 1. The number of amides is 5. The van der Waals surface area contributed by atoms with Crippen LogP contribution in [0.25, 0.3) is 0 Å². The lowest BCUT2D eigenvalue weighted by molar-refractivity contribution is -0.142. The molecule has 7 rings (SSSR count). The first-order valence-corrected chi connectivity index (χ1v) is 25.8. The average molecular weight is 988 g/mol. The molecule has 0 unspecified atom stereocenters. The van der Waals surface area contributed by atoms with Crippen molar-refractivity contribution >= 4 is 58.8 Å². The highest BCUT2D eigenvalue weighted by Gasteiger charge is 2.41. The van der Waals surface area contributed by atoms with E-state index < -0.39 is 63.6 Å². The Hall–Kier alpha value is -6.96. The van der Waals surface area contributed by atoms with Gasteiger partial charge in [0.25, 0.3) is 0 Å². The van der Waals surface area contributed by atoms with Crippen molar-refractivity contribution in [2.75, 3.05) is 52.3 Å². The predicted octanol–water partition coefficient (Wildman–Crippen LogP) is 7.78. The summed E-state index contributed by atoms with van der Waals surface area (Å²) >= 11 is 3.01. The molecule has 6 aromatic rings. The number of hydrogen-bond acceptors (Lipinski definition) is 8. The van der Waals surface area contributed by atoms with Gasteiger partial charge in [0, 0.05) is 39.1 Å². The molecule has 5 amide bonds. The SMILES string of the molecule is CC[C@@H]1NC(=O)CN(C)C(=O)[C@H](CSC(c2ccccc2)(c2ccccc2)c2ccccc2)CC(=O)CN(C)C(=O)[C@H](CSC(c2ccccc2)(c2ccccc2)c2ccccc2)NC(=O)CN(C)C1=O. The minimum Gasteiger partial charge on any atom is -0.343 e. The topological polar surface area (TPSA) is 136 Å². The summed E-state index contributed by atoms with van der Waals surface area (Å²) in [6, 6.07) is 57.8. The third kappa shape index (κ3) is 12.1. The zero-order valence-electron chi connectivity index (χ0n) is 40.6. The predicted molar refractivity (Wildman–Crippen MR) is 284 cm³/mol. The smallest absolute Gasteiger partial charge is 0.246 e. The van der Waals surface area contributed by atoms with E-state index >= 15 is 0 Å². The fourth-order valence-electron chi connectivity index (χ4n) is 9.29. The lowest BCUT2D eigenvalue weighted by Gasteiger charge is -2.37. The second kappa shape index (κ2) is 24.2. The van der Waals surface area contributed by atoms with Gasteiger partial charge in [-0.05, 0) is 39.8 Å². The summed E-state index contributed by atoms with van der Waals surface area (Å²) in [7, 11) is 4.50. The van der Waals surface area contributed by atoms with Crippen molar-refractivity contribution in [2.45, 2.75) is 41.3 Å². The number of carbonyl (C=O) groups is 6. The molecule has 6 aromatic carbocycles. The third-order valence-electron chi connectivity index (χ3n) is 12.9. The van der Waals surface area contributed by atoms with Crippen LogP contribution in [0.4, 0.5) is 0 Å². The molecule has 0 radical (unpaired) electrons. The van der Waals surface area contributed by atoms with Gasteiger partial charge in [0.15, 0.2) is 5.78 Å². The highest BCUT2D eigenvalue weighted by Crippen LogP contribution is 2.50. The molecule has 71 heavy (non-hydrogen) atoms. The summed E-state index contributed by atoms with van der Waals surface area (Å²) in [6.45, 7) is 0.609. The molecule has 0 saturated carbocycles. The largest absolute Gasteiger partial charge is 0.343 e. The van der Waals surface area contributed by atoms with Gasteiger partial charge in [-0.25, -0.2) is 0 Å². The second-order valence-corrected chi connectivity index (χ2v) is 20.3. The maximum Gasteiger partial charge on any atom is 0.246 e. The molecule has 3 atom stereocenters. The molecule has 13 heteroatoms. The van der Waals surface area contributed by atoms with E-state index in [-0.39, 0.29) is 43.2 Å². The zero-order valence-corrected chi connectivity index (χ0v) is 42.2. The van der Waals surface area contributed by atoms with Crippen molar-refractivity contribution in [2.24, 2.45) is 5.92 Å². The molecule has 1 saturated heterocycles. The Morgan fingerprint density at radius 2 is 0.718 bits per heavy atom. The Kier molecular flexibility index (Phi) is 17.7. The highest BCUT2D eigenvalue weighted by molar-refractivity contribution is 8.01. The summed E-state index contributed by atoms with van der Waals surface area (Å²) in [5.41, 5.74) is 5.79. The Morgan fingerprint density at radius 1 is 0.423 bits per heavy atom. The number of likely N-dealkylation sites (N-methyl/N-ethyl adjacent to an activating group) is 3. The first-order chi connectivity index (χ1) is 34.4. The van der Waals surface area contributed by atoms with E-state index in [2.05, 4.69) is 47.0 Å². The zero-order chi connectivity index (χ0) is 50.4. The van der Waals surface area contributed by atoms with Crippen molar-refractivity contribution in [3.8, 4) is 0 Å². The van der Waals surface area contributed by atoms with Crippen LogP contribution in [-0.2, 0) is 38.3 Å². The fourth-order valence-corrected chi connectivity index (χ4v) is 12.5. The van der Waals surface area contributed by atoms with Crippen LogP contribution in [0.1, 0.15) is 53.1 Å². The monoisotopic (exact) mass is 987 g/mol. The Balaban J connectivity index is 1.25. The molecular formula is C58H61N5O6S2. The highest BCUT2D eigenvalue weighted by atomic mass is 32.2.